The van der Waals surface area contributed by atoms with E-state index in [1.807, 2.05) is 0 Å². The van der Waals surface area contributed by atoms with Crippen LogP contribution in [0.2, 0.25) is 0 Å². The zero-order valence-electron chi connectivity index (χ0n) is 4.69. The third-order valence-electron chi connectivity index (χ3n) is 0.887. The molecular formula is C4H9NO4. The Bertz CT molecular complexity index is 105. The van der Waals surface area contributed by atoms with E-state index in [0.717, 1.165) is 0 Å². The number of aliphatic carboxylic acids is 1. The summed E-state index contributed by atoms with van der Waals surface area (Å²) in [5.74, 6) is -1.32. The maximum atomic E-state index is 9.90. The summed E-state index contributed by atoms with van der Waals surface area (Å²) < 4.78 is 0. The molecule has 0 spiro atoms. The quantitative estimate of drug-likeness (QED) is 0.329. The first-order chi connectivity index (χ1) is 4.09. The zero-order chi connectivity index (χ0) is 7.44. The average Bonchev–Trinajstić information content (AvgIpc) is 1.84. The third kappa shape index (κ3) is 2.41. The molecule has 0 radical (unpaired) electrons. The molecule has 5 nitrogen and oxygen atoms in total. The van der Waals surface area contributed by atoms with Crippen LogP contribution in [-0.4, -0.2) is 40.0 Å². The summed E-state index contributed by atoms with van der Waals surface area (Å²) in [6.07, 6.45) is -1.37. The van der Waals surface area contributed by atoms with E-state index in [9.17, 15) is 4.79 Å². The van der Waals surface area contributed by atoms with Gasteiger partial charge in [0.25, 0.3) is 0 Å². The van der Waals surface area contributed by atoms with E-state index < -0.39 is 24.7 Å². The Hall–Kier alpha value is -0.650. The Kier molecular flexibility index (Phi) is 3.15. The van der Waals surface area contributed by atoms with Crippen molar-refractivity contribution in [2.75, 3.05) is 6.61 Å². The van der Waals surface area contributed by atoms with Gasteiger partial charge in [-0.15, -0.1) is 0 Å². The highest BCUT2D eigenvalue weighted by atomic mass is 16.4. The number of carbonyl (C=O) groups is 1. The van der Waals surface area contributed by atoms with E-state index in [-0.39, 0.29) is 0 Å². The standard InChI is InChI=1S/C4H9NO4/c5-3(4(8)9)2(7)1-6/h2-3,6-7H,1,5H2,(H,8,9)/t2-,3+/m0/s1/i2+1,3+1. The van der Waals surface area contributed by atoms with E-state index in [1.54, 1.807) is 0 Å². The van der Waals surface area contributed by atoms with Gasteiger partial charge in [0.2, 0.25) is 0 Å². The van der Waals surface area contributed by atoms with Crippen LogP contribution >= 0.6 is 0 Å². The van der Waals surface area contributed by atoms with E-state index >= 15 is 0 Å². The predicted octanol–water partition coefficient (Wildman–Crippen LogP) is -2.25. The van der Waals surface area contributed by atoms with Gasteiger partial charge >= 0.3 is 5.97 Å². The highest BCUT2D eigenvalue weighted by molar-refractivity contribution is 5.73. The van der Waals surface area contributed by atoms with Crippen molar-refractivity contribution in [2.24, 2.45) is 5.73 Å². The smallest absolute Gasteiger partial charge is 0.323 e. The second kappa shape index (κ2) is 3.39. The number of carboxylic acids is 1. The highest BCUT2D eigenvalue weighted by Gasteiger charge is 2.20. The van der Waals surface area contributed by atoms with Gasteiger partial charge in [-0.1, -0.05) is 0 Å². The number of rotatable bonds is 3. The van der Waals surface area contributed by atoms with Crippen molar-refractivity contribution in [3.8, 4) is 0 Å². The molecule has 0 bridgehead atoms. The van der Waals surface area contributed by atoms with E-state index in [2.05, 4.69) is 0 Å². The summed E-state index contributed by atoms with van der Waals surface area (Å²) in [7, 11) is 0. The number of hydrogen-bond donors (Lipinski definition) is 4. The van der Waals surface area contributed by atoms with E-state index in [1.165, 1.54) is 0 Å². The largest absolute Gasteiger partial charge is 0.480 e. The molecule has 0 aromatic heterocycles. The fourth-order valence-electron chi connectivity index (χ4n) is 0.278. The molecule has 0 aliphatic carbocycles. The summed E-state index contributed by atoms with van der Waals surface area (Å²) in [6.45, 7) is -0.631. The summed E-state index contributed by atoms with van der Waals surface area (Å²) in [5.41, 5.74) is 4.86. The molecule has 0 rings (SSSR count). The van der Waals surface area contributed by atoms with Gasteiger partial charge < -0.3 is 21.1 Å². The fraction of sp³-hybridized carbons (Fsp3) is 0.750. The van der Waals surface area contributed by atoms with Crippen molar-refractivity contribution < 1.29 is 20.1 Å². The van der Waals surface area contributed by atoms with Gasteiger partial charge in [-0.05, 0) is 0 Å². The first kappa shape index (κ1) is 8.35. The molecule has 5 N–H and O–H groups in total. The first-order valence-electron chi connectivity index (χ1n) is 2.37. The van der Waals surface area contributed by atoms with Crippen LogP contribution in [0.3, 0.4) is 0 Å². The molecule has 9 heavy (non-hydrogen) atoms. The first-order valence-corrected chi connectivity index (χ1v) is 2.37. The second-order valence-electron chi connectivity index (χ2n) is 1.61. The average molecular weight is 137 g/mol. The normalized spacial score (nSPS) is 16.8. The van der Waals surface area contributed by atoms with Gasteiger partial charge in [-0.2, -0.15) is 0 Å². The maximum Gasteiger partial charge on any atom is 0.323 e. The Labute approximate surface area is 51.7 Å². The van der Waals surface area contributed by atoms with Gasteiger partial charge in [0.05, 0.1) is 6.61 Å². The minimum absolute atomic E-state index is 0.631. The van der Waals surface area contributed by atoms with Crippen molar-refractivity contribution in [1.82, 2.24) is 0 Å². The van der Waals surface area contributed by atoms with Crippen LogP contribution in [0.5, 0.6) is 0 Å². The van der Waals surface area contributed by atoms with Gasteiger partial charge in [0.15, 0.2) is 0 Å². The third-order valence-corrected chi connectivity index (χ3v) is 0.887. The molecule has 0 fully saturated rings. The van der Waals surface area contributed by atoms with Crippen molar-refractivity contribution >= 4 is 5.97 Å². The van der Waals surface area contributed by atoms with Crippen LogP contribution in [-0.2, 0) is 4.79 Å². The Balaban J connectivity index is 3.72. The Morgan fingerprint density at radius 3 is 2.22 bits per heavy atom. The second-order valence-corrected chi connectivity index (χ2v) is 1.61. The van der Waals surface area contributed by atoms with E-state index in [4.69, 9.17) is 21.1 Å². The van der Waals surface area contributed by atoms with Gasteiger partial charge in [-0.3, -0.25) is 4.79 Å². The lowest BCUT2D eigenvalue weighted by Crippen LogP contribution is -2.43. The molecular weight excluding hydrogens is 128 g/mol. The molecule has 0 saturated carbocycles. The summed E-state index contributed by atoms with van der Waals surface area (Å²) in [6, 6.07) is -1.39. The van der Waals surface area contributed by atoms with Crippen LogP contribution < -0.4 is 5.73 Å². The topological polar surface area (TPSA) is 104 Å². The highest BCUT2D eigenvalue weighted by Crippen LogP contribution is 1.87. The van der Waals surface area contributed by atoms with Gasteiger partial charge in [0.1, 0.15) is 12.1 Å². The summed E-state index contributed by atoms with van der Waals surface area (Å²) in [5, 5.41) is 24.8. The molecule has 0 heterocycles. The molecule has 2 atom stereocenters. The number of aliphatic hydroxyl groups excluding tert-OH is 2. The molecule has 0 aromatic rings. The molecule has 54 valence electrons. The predicted molar refractivity (Wildman–Crippen MR) is 28.7 cm³/mol. The Morgan fingerprint density at radius 1 is 1.67 bits per heavy atom. The van der Waals surface area contributed by atoms with Crippen molar-refractivity contribution in [1.29, 1.82) is 0 Å². The number of hydrogen-bond acceptors (Lipinski definition) is 4. The monoisotopic (exact) mass is 137 g/mol. The van der Waals surface area contributed by atoms with Crippen LogP contribution in [0, 0.1) is 0 Å². The van der Waals surface area contributed by atoms with Gasteiger partial charge in [0, 0.05) is 0 Å². The molecule has 0 saturated heterocycles. The Morgan fingerprint density at radius 2 is 2.11 bits per heavy atom. The minimum atomic E-state index is -1.39. The summed E-state index contributed by atoms with van der Waals surface area (Å²) >= 11 is 0. The van der Waals surface area contributed by atoms with Crippen LogP contribution in [0.1, 0.15) is 0 Å². The van der Waals surface area contributed by atoms with Crippen molar-refractivity contribution in [3.63, 3.8) is 0 Å². The number of aliphatic hydroxyl groups is 2. The van der Waals surface area contributed by atoms with Crippen LogP contribution in [0.4, 0.5) is 0 Å². The summed E-state index contributed by atoms with van der Waals surface area (Å²) in [4.78, 5) is 9.90. The van der Waals surface area contributed by atoms with Crippen molar-refractivity contribution in [3.05, 3.63) is 0 Å². The molecule has 0 unspecified atom stereocenters. The fourth-order valence-corrected chi connectivity index (χ4v) is 0.278. The lowest BCUT2D eigenvalue weighted by Gasteiger charge is -2.10. The van der Waals surface area contributed by atoms with Crippen LogP contribution in [0.25, 0.3) is 0 Å². The lowest BCUT2D eigenvalue weighted by atomic mass is 10.8. The minimum Gasteiger partial charge on any atom is -0.480 e. The molecule has 0 amide bonds. The molecule has 5 heteroatoms. The zero-order valence-corrected chi connectivity index (χ0v) is 4.69. The molecule has 0 aliphatic heterocycles. The number of nitrogens with two attached hydrogens (primary N) is 1. The van der Waals surface area contributed by atoms with Crippen molar-refractivity contribution in [2.45, 2.75) is 12.1 Å². The SMILES string of the molecule is N[13C@@H](C(=O)O)[13C@@H](O)CO. The maximum absolute atomic E-state index is 9.90. The number of carboxylic acid groups (broad SMARTS) is 1. The van der Waals surface area contributed by atoms with E-state index in [0.29, 0.717) is 0 Å². The lowest BCUT2D eigenvalue weighted by molar-refractivity contribution is -0.141. The van der Waals surface area contributed by atoms with Gasteiger partial charge in [-0.25, -0.2) is 0 Å². The molecule has 0 aromatic carbocycles. The van der Waals surface area contributed by atoms with Crippen LogP contribution in [0.15, 0.2) is 0 Å². The molecule has 0 aliphatic rings.